The predicted octanol–water partition coefficient (Wildman–Crippen LogP) is 1.06. The third-order valence-corrected chi connectivity index (χ3v) is 4.36. The van der Waals surface area contributed by atoms with Gasteiger partial charge in [-0.05, 0) is 38.4 Å². The molecule has 1 aromatic carbocycles. The molecule has 2 N–H and O–H groups in total. The number of ether oxygens (including phenoxy) is 1. The van der Waals surface area contributed by atoms with E-state index < -0.39 is 0 Å². The Labute approximate surface area is 136 Å². The van der Waals surface area contributed by atoms with Gasteiger partial charge in [-0.25, -0.2) is 0 Å². The molecule has 3 rings (SSSR count). The molecule has 1 fully saturated rings. The number of anilines is 1. The molecular weight excluding hydrogens is 294 g/mol. The lowest BCUT2D eigenvalue weighted by atomic mass is 10.0. The Morgan fingerprint density at radius 3 is 3.09 bits per heavy atom. The van der Waals surface area contributed by atoms with E-state index in [1.54, 1.807) is 4.90 Å². The second kappa shape index (κ2) is 7.00. The second-order valence-electron chi connectivity index (χ2n) is 6.20. The van der Waals surface area contributed by atoms with Crippen LogP contribution in [0.5, 0.6) is 5.75 Å². The highest BCUT2D eigenvalue weighted by Crippen LogP contribution is 2.31. The molecule has 0 aliphatic carbocycles. The lowest BCUT2D eigenvalue weighted by Gasteiger charge is -2.30. The van der Waals surface area contributed by atoms with Crippen molar-refractivity contribution in [2.45, 2.75) is 38.3 Å². The van der Waals surface area contributed by atoms with Gasteiger partial charge in [0.25, 0.3) is 5.91 Å². The highest BCUT2D eigenvalue weighted by molar-refractivity contribution is 5.98. The van der Waals surface area contributed by atoms with Gasteiger partial charge in [0.2, 0.25) is 5.91 Å². The van der Waals surface area contributed by atoms with Gasteiger partial charge in [0.1, 0.15) is 5.75 Å². The van der Waals surface area contributed by atoms with Crippen molar-refractivity contribution in [2.75, 3.05) is 24.6 Å². The molecule has 1 saturated heterocycles. The van der Waals surface area contributed by atoms with Gasteiger partial charge in [-0.3, -0.25) is 9.59 Å². The van der Waals surface area contributed by atoms with E-state index in [0.717, 1.165) is 25.1 Å². The van der Waals surface area contributed by atoms with E-state index in [2.05, 4.69) is 17.6 Å². The van der Waals surface area contributed by atoms with E-state index in [9.17, 15) is 9.59 Å². The summed E-state index contributed by atoms with van der Waals surface area (Å²) in [5.74, 6) is 0.590. The molecule has 23 heavy (non-hydrogen) atoms. The van der Waals surface area contributed by atoms with Gasteiger partial charge in [-0.2, -0.15) is 0 Å². The number of carbonyl (C=O) groups excluding carboxylic acids is 2. The summed E-state index contributed by atoms with van der Waals surface area (Å²) in [6, 6.07) is 8.08. The fourth-order valence-electron chi connectivity index (χ4n) is 3.18. The molecule has 0 radical (unpaired) electrons. The summed E-state index contributed by atoms with van der Waals surface area (Å²) in [6.45, 7) is 3.47. The first-order valence-electron chi connectivity index (χ1n) is 8.18. The van der Waals surface area contributed by atoms with Crippen LogP contribution in [0, 0.1) is 0 Å². The van der Waals surface area contributed by atoms with Crippen molar-refractivity contribution in [2.24, 2.45) is 0 Å². The number of rotatable bonds is 4. The first-order valence-corrected chi connectivity index (χ1v) is 8.18. The Bertz CT molecular complexity index is 590. The number of para-hydroxylation sites is 2. The summed E-state index contributed by atoms with van der Waals surface area (Å²) in [7, 11) is 0. The van der Waals surface area contributed by atoms with Gasteiger partial charge in [-0.1, -0.05) is 12.1 Å². The number of fused-ring (bicyclic) bond motifs is 1. The minimum atomic E-state index is -0.105. The predicted molar refractivity (Wildman–Crippen MR) is 87.5 cm³/mol. The first kappa shape index (κ1) is 15.8. The van der Waals surface area contributed by atoms with Gasteiger partial charge >= 0.3 is 0 Å². The molecule has 124 valence electrons. The van der Waals surface area contributed by atoms with Crippen molar-refractivity contribution in [3.63, 3.8) is 0 Å². The van der Waals surface area contributed by atoms with Gasteiger partial charge in [0.05, 0.1) is 5.69 Å². The Morgan fingerprint density at radius 1 is 1.43 bits per heavy atom. The third kappa shape index (κ3) is 3.82. The summed E-state index contributed by atoms with van der Waals surface area (Å²) in [6.07, 6.45) is 2.21. The molecule has 1 aromatic rings. The van der Waals surface area contributed by atoms with Crippen LogP contribution < -0.4 is 20.3 Å². The van der Waals surface area contributed by atoms with Crippen molar-refractivity contribution in [3.05, 3.63) is 24.3 Å². The lowest BCUT2D eigenvalue weighted by molar-refractivity contribution is -0.122. The van der Waals surface area contributed by atoms with Gasteiger partial charge < -0.3 is 20.3 Å². The molecule has 0 spiro atoms. The summed E-state index contributed by atoms with van der Waals surface area (Å²) < 4.78 is 5.41. The molecule has 6 heteroatoms. The maximum Gasteiger partial charge on any atom is 0.265 e. The Kier molecular flexibility index (Phi) is 4.81. The molecule has 0 bridgehead atoms. The van der Waals surface area contributed by atoms with Gasteiger partial charge in [-0.15, -0.1) is 0 Å². The van der Waals surface area contributed by atoms with Crippen molar-refractivity contribution >= 4 is 17.5 Å². The van der Waals surface area contributed by atoms with Crippen molar-refractivity contribution in [1.82, 2.24) is 10.6 Å². The average Bonchev–Trinajstić information content (AvgIpc) is 2.54. The first-order chi connectivity index (χ1) is 11.1. The molecule has 2 unspecified atom stereocenters. The van der Waals surface area contributed by atoms with Crippen LogP contribution in [0.25, 0.3) is 0 Å². The standard InChI is InChI=1S/C17H23N3O3/c1-12-10-13(6-8-18-12)19-16(21)7-9-20-14-4-2-3-5-15(14)23-11-17(20)22/h2-5,12-13,18H,6-11H2,1H3,(H,19,21). The highest BCUT2D eigenvalue weighted by atomic mass is 16.5. The number of hydrogen-bond acceptors (Lipinski definition) is 4. The zero-order valence-electron chi connectivity index (χ0n) is 13.4. The molecule has 0 aromatic heterocycles. The number of carbonyl (C=O) groups is 2. The SMILES string of the molecule is CC1CC(NC(=O)CCN2C(=O)COc3ccccc32)CCN1. The quantitative estimate of drug-likeness (QED) is 0.871. The molecule has 2 aliphatic rings. The molecule has 0 saturated carbocycles. The summed E-state index contributed by atoms with van der Waals surface area (Å²) in [5, 5.41) is 6.45. The minimum absolute atomic E-state index is 0.000808. The molecule has 2 aliphatic heterocycles. The van der Waals surface area contributed by atoms with E-state index in [1.807, 2.05) is 24.3 Å². The van der Waals surface area contributed by atoms with E-state index >= 15 is 0 Å². The third-order valence-electron chi connectivity index (χ3n) is 4.36. The van der Waals surface area contributed by atoms with Crippen LogP contribution in [0.2, 0.25) is 0 Å². The lowest BCUT2D eigenvalue weighted by Crippen LogP contribution is -2.47. The summed E-state index contributed by atoms with van der Waals surface area (Å²) in [5.41, 5.74) is 0.743. The number of hydrogen-bond donors (Lipinski definition) is 2. The van der Waals surface area contributed by atoms with Crippen LogP contribution in [-0.4, -0.2) is 43.6 Å². The zero-order chi connectivity index (χ0) is 16.2. The Balaban J connectivity index is 1.55. The molecule has 2 amide bonds. The largest absolute Gasteiger partial charge is 0.482 e. The maximum absolute atomic E-state index is 12.2. The molecule has 2 heterocycles. The van der Waals surface area contributed by atoms with Crippen molar-refractivity contribution in [3.8, 4) is 5.75 Å². The summed E-state index contributed by atoms with van der Waals surface area (Å²) in [4.78, 5) is 25.9. The van der Waals surface area contributed by atoms with Crippen LogP contribution in [0.4, 0.5) is 5.69 Å². The number of amides is 2. The van der Waals surface area contributed by atoms with Gasteiger partial charge in [0.15, 0.2) is 6.61 Å². The summed E-state index contributed by atoms with van der Waals surface area (Å²) >= 11 is 0. The Morgan fingerprint density at radius 2 is 2.26 bits per heavy atom. The number of piperidine rings is 1. The van der Waals surface area contributed by atoms with Crippen LogP contribution in [-0.2, 0) is 9.59 Å². The van der Waals surface area contributed by atoms with E-state index in [1.165, 1.54) is 0 Å². The topological polar surface area (TPSA) is 70.7 Å². The molecular formula is C17H23N3O3. The van der Waals surface area contributed by atoms with Crippen molar-refractivity contribution < 1.29 is 14.3 Å². The van der Waals surface area contributed by atoms with E-state index in [0.29, 0.717) is 24.8 Å². The fourth-order valence-corrected chi connectivity index (χ4v) is 3.18. The average molecular weight is 317 g/mol. The smallest absolute Gasteiger partial charge is 0.265 e. The number of benzene rings is 1. The normalized spacial score (nSPS) is 23.9. The molecule has 2 atom stereocenters. The zero-order valence-corrected chi connectivity index (χ0v) is 13.4. The number of nitrogens with one attached hydrogen (secondary N) is 2. The maximum atomic E-state index is 12.2. The fraction of sp³-hybridized carbons (Fsp3) is 0.529. The van der Waals surface area contributed by atoms with Gasteiger partial charge in [0, 0.05) is 25.0 Å². The number of nitrogens with zero attached hydrogens (tertiary/aromatic N) is 1. The minimum Gasteiger partial charge on any atom is -0.482 e. The van der Waals surface area contributed by atoms with Crippen LogP contribution in [0.15, 0.2) is 24.3 Å². The Hall–Kier alpha value is -2.08. The van der Waals surface area contributed by atoms with Crippen LogP contribution in [0.3, 0.4) is 0 Å². The monoisotopic (exact) mass is 317 g/mol. The molecule has 6 nitrogen and oxygen atoms in total. The highest BCUT2D eigenvalue weighted by Gasteiger charge is 2.26. The van der Waals surface area contributed by atoms with Crippen LogP contribution in [0.1, 0.15) is 26.2 Å². The van der Waals surface area contributed by atoms with Crippen molar-refractivity contribution in [1.29, 1.82) is 0 Å². The van der Waals surface area contributed by atoms with E-state index in [4.69, 9.17) is 4.74 Å². The van der Waals surface area contributed by atoms with E-state index in [-0.39, 0.29) is 24.5 Å². The van der Waals surface area contributed by atoms with Crippen LogP contribution >= 0.6 is 0 Å². The second-order valence-corrected chi connectivity index (χ2v) is 6.20.